The molecule has 5 heteroatoms. The smallest absolute Gasteiger partial charge is 0.391 e. The van der Waals surface area contributed by atoms with E-state index in [1.165, 1.54) is 6.07 Å². The van der Waals surface area contributed by atoms with Crippen LogP contribution < -0.4 is 0 Å². The van der Waals surface area contributed by atoms with Crippen molar-refractivity contribution < 1.29 is 18.0 Å². The second-order valence-corrected chi connectivity index (χ2v) is 3.51. The van der Waals surface area contributed by atoms with E-state index in [9.17, 15) is 13.2 Å². The number of hydrogen-bond acceptors (Lipinski definition) is 2. The van der Waals surface area contributed by atoms with Crippen molar-refractivity contribution in [2.75, 3.05) is 0 Å². The molecule has 0 spiro atoms. The first-order valence-corrected chi connectivity index (χ1v) is 4.69. The zero-order chi connectivity index (χ0) is 12.2. The molecule has 0 aliphatic heterocycles. The second-order valence-electron chi connectivity index (χ2n) is 3.51. The summed E-state index contributed by atoms with van der Waals surface area (Å²) in [7, 11) is 0. The molecule has 1 aromatic rings. The largest absolute Gasteiger partial charge is 0.416 e. The Balaban J connectivity index is 2.72. The van der Waals surface area contributed by atoms with Crippen LogP contribution in [0.15, 0.2) is 29.4 Å². The lowest BCUT2D eigenvalue weighted by atomic mass is 10.1. The lowest BCUT2D eigenvalue weighted by Crippen LogP contribution is -2.05. The molecule has 0 aromatic heterocycles. The summed E-state index contributed by atoms with van der Waals surface area (Å²) in [5.74, 6) is 0. The van der Waals surface area contributed by atoms with Crippen LogP contribution in [0, 0.1) is 0 Å². The van der Waals surface area contributed by atoms with Gasteiger partial charge in [0.25, 0.3) is 0 Å². The van der Waals surface area contributed by atoms with Gasteiger partial charge >= 0.3 is 6.18 Å². The van der Waals surface area contributed by atoms with Gasteiger partial charge < -0.3 is 4.84 Å². The molecule has 16 heavy (non-hydrogen) atoms. The number of alkyl halides is 3. The molecule has 0 bridgehead atoms. The van der Waals surface area contributed by atoms with Crippen LogP contribution in [0.2, 0.25) is 0 Å². The Labute approximate surface area is 91.7 Å². The Kier molecular flexibility index (Phi) is 3.93. The molecule has 0 unspecified atom stereocenters. The maximum atomic E-state index is 12.3. The zero-order valence-corrected chi connectivity index (χ0v) is 9.01. The molecule has 0 atom stereocenters. The normalized spacial score (nSPS) is 11.1. The van der Waals surface area contributed by atoms with Gasteiger partial charge in [-0.15, -0.1) is 0 Å². The average molecular weight is 231 g/mol. The first kappa shape index (κ1) is 12.5. The van der Waals surface area contributed by atoms with Crippen LogP contribution >= 0.6 is 0 Å². The van der Waals surface area contributed by atoms with Crippen LogP contribution in [0.5, 0.6) is 0 Å². The van der Waals surface area contributed by atoms with Gasteiger partial charge in [-0.25, -0.2) is 0 Å². The van der Waals surface area contributed by atoms with Crippen molar-refractivity contribution in [1.29, 1.82) is 0 Å². The number of hydrogen-bond donors (Lipinski definition) is 0. The Hall–Kier alpha value is -1.52. The van der Waals surface area contributed by atoms with Gasteiger partial charge in [-0.3, -0.25) is 0 Å². The first-order valence-electron chi connectivity index (χ1n) is 4.69. The van der Waals surface area contributed by atoms with E-state index in [1.54, 1.807) is 19.9 Å². The van der Waals surface area contributed by atoms with E-state index < -0.39 is 11.7 Å². The summed E-state index contributed by atoms with van der Waals surface area (Å²) in [6.45, 7) is 3.52. The summed E-state index contributed by atoms with van der Waals surface area (Å²) in [5, 5.41) is 3.65. The van der Waals surface area contributed by atoms with Gasteiger partial charge in [0.1, 0.15) is 6.61 Å². The first-order chi connectivity index (χ1) is 7.39. The fraction of sp³-hybridized carbons (Fsp3) is 0.364. The van der Waals surface area contributed by atoms with E-state index in [-0.39, 0.29) is 6.61 Å². The highest BCUT2D eigenvalue weighted by Gasteiger charge is 2.30. The summed E-state index contributed by atoms with van der Waals surface area (Å²) in [4.78, 5) is 4.87. The summed E-state index contributed by atoms with van der Waals surface area (Å²) >= 11 is 0. The zero-order valence-electron chi connectivity index (χ0n) is 9.01. The Morgan fingerprint density at radius 2 is 2.00 bits per heavy atom. The van der Waals surface area contributed by atoms with Crippen molar-refractivity contribution in [1.82, 2.24) is 0 Å². The predicted octanol–water partition coefficient (Wildman–Crippen LogP) is 3.62. The van der Waals surface area contributed by atoms with Gasteiger partial charge in [-0.1, -0.05) is 17.3 Å². The topological polar surface area (TPSA) is 21.6 Å². The third-order valence-electron chi connectivity index (χ3n) is 1.73. The van der Waals surface area contributed by atoms with E-state index >= 15 is 0 Å². The van der Waals surface area contributed by atoms with Crippen molar-refractivity contribution in [3.63, 3.8) is 0 Å². The van der Waals surface area contributed by atoms with Crippen molar-refractivity contribution in [3.05, 3.63) is 35.4 Å². The van der Waals surface area contributed by atoms with Crippen LogP contribution in [0.25, 0.3) is 0 Å². The van der Waals surface area contributed by atoms with Gasteiger partial charge in [0.15, 0.2) is 0 Å². The predicted molar refractivity (Wildman–Crippen MR) is 55.0 cm³/mol. The number of rotatable bonds is 3. The van der Waals surface area contributed by atoms with Crippen molar-refractivity contribution in [3.8, 4) is 0 Å². The molecule has 88 valence electrons. The van der Waals surface area contributed by atoms with Gasteiger partial charge in [0.2, 0.25) is 0 Å². The molecule has 2 nitrogen and oxygen atoms in total. The number of halogens is 3. The highest BCUT2D eigenvalue weighted by molar-refractivity contribution is 5.78. The molecule has 0 aliphatic carbocycles. The van der Waals surface area contributed by atoms with Gasteiger partial charge in [-0.05, 0) is 31.5 Å². The molecule has 0 radical (unpaired) electrons. The summed E-state index contributed by atoms with van der Waals surface area (Å²) in [6.07, 6.45) is -4.32. The lowest BCUT2D eigenvalue weighted by molar-refractivity contribution is -0.137. The molecule has 0 heterocycles. The highest BCUT2D eigenvalue weighted by Crippen LogP contribution is 2.29. The Morgan fingerprint density at radius 3 is 2.56 bits per heavy atom. The molecule has 0 aliphatic rings. The third-order valence-corrected chi connectivity index (χ3v) is 1.73. The van der Waals surface area contributed by atoms with E-state index in [1.807, 2.05) is 0 Å². The van der Waals surface area contributed by atoms with Crippen molar-refractivity contribution >= 4 is 5.71 Å². The molecule has 0 amide bonds. The van der Waals surface area contributed by atoms with Crippen molar-refractivity contribution in [2.24, 2.45) is 5.16 Å². The van der Waals surface area contributed by atoms with Crippen molar-refractivity contribution in [2.45, 2.75) is 26.6 Å². The second kappa shape index (κ2) is 5.01. The maximum absolute atomic E-state index is 12.3. The fourth-order valence-corrected chi connectivity index (χ4v) is 1.07. The van der Waals surface area contributed by atoms with Gasteiger partial charge in [0.05, 0.1) is 11.3 Å². The molecule has 1 rings (SSSR count). The monoisotopic (exact) mass is 231 g/mol. The Morgan fingerprint density at radius 1 is 1.31 bits per heavy atom. The summed E-state index contributed by atoms with van der Waals surface area (Å²) in [6, 6.07) is 5.00. The van der Waals surface area contributed by atoms with Gasteiger partial charge in [-0.2, -0.15) is 13.2 Å². The fourth-order valence-electron chi connectivity index (χ4n) is 1.07. The maximum Gasteiger partial charge on any atom is 0.416 e. The van der Waals surface area contributed by atoms with E-state index in [4.69, 9.17) is 4.84 Å². The third kappa shape index (κ3) is 3.92. The van der Waals surface area contributed by atoms with E-state index in [2.05, 4.69) is 5.16 Å². The standard InChI is InChI=1S/C11H12F3NO/c1-8(2)15-16-7-9-4-3-5-10(6-9)11(12,13)14/h3-6H,7H2,1-2H3. The van der Waals surface area contributed by atoms with E-state index in [0.29, 0.717) is 11.3 Å². The number of benzene rings is 1. The minimum atomic E-state index is -4.32. The molecule has 0 saturated carbocycles. The summed E-state index contributed by atoms with van der Waals surface area (Å²) < 4.78 is 37.0. The quantitative estimate of drug-likeness (QED) is 0.575. The lowest BCUT2D eigenvalue weighted by Gasteiger charge is -2.08. The molecule has 1 aromatic carbocycles. The van der Waals surface area contributed by atoms with Crippen LogP contribution in [0.4, 0.5) is 13.2 Å². The molecule has 0 N–H and O–H groups in total. The minimum Gasteiger partial charge on any atom is -0.391 e. The van der Waals surface area contributed by atoms with Crippen LogP contribution in [0.1, 0.15) is 25.0 Å². The molecule has 0 fully saturated rings. The van der Waals surface area contributed by atoms with E-state index in [0.717, 1.165) is 12.1 Å². The molecular weight excluding hydrogens is 219 g/mol. The highest BCUT2D eigenvalue weighted by atomic mass is 19.4. The number of nitrogens with zero attached hydrogens (tertiary/aromatic N) is 1. The minimum absolute atomic E-state index is 0.0368. The van der Waals surface area contributed by atoms with Crippen LogP contribution in [-0.4, -0.2) is 5.71 Å². The van der Waals surface area contributed by atoms with Crippen LogP contribution in [-0.2, 0) is 17.6 Å². The van der Waals surface area contributed by atoms with Gasteiger partial charge in [0, 0.05) is 0 Å². The molecule has 0 saturated heterocycles. The summed E-state index contributed by atoms with van der Waals surface area (Å²) in [5.41, 5.74) is 0.484. The SMILES string of the molecule is CC(C)=NOCc1cccc(C(F)(F)F)c1. The Bertz CT molecular complexity index is 381. The molecular formula is C11H12F3NO. The average Bonchev–Trinajstić information content (AvgIpc) is 2.16. The van der Waals surface area contributed by atoms with Crippen LogP contribution in [0.3, 0.4) is 0 Å². The number of oxime groups is 1.